The van der Waals surface area contributed by atoms with Crippen molar-refractivity contribution in [3.05, 3.63) is 93.9 Å². The van der Waals surface area contributed by atoms with Gasteiger partial charge >= 0.3 is 11.9 Å². The van der Waals surface area contributed by atoms with Crippen LogP contribution in [0.3, 0.4) is 0 Å². The number of ether oxygens (including phenoxy) is 4. The molecule has 0 N–H and O–H groups in total. The Hall–Kier alpha value is -4.28. The first kappa shape index (κ1) is 43.4. The molecule has 0 aliphatic carbocycles. The molecule has 1 atom stereocenters. The summed E-state index contributed by atoms with van der Waals surface area (Å²) in [5, 5.41) is 11.4. The molecule has 2 aliphatic rings. The number of benzene rings is 2. The summed E-state index contributed by atoms with van der Waals surface area (Å²) >= 11 is 2.97. The van der Waals surface area contributed by atoms with Gasteiger partial charge in [0.15, 0.2) is 5.57 Å². The first-order chi connectivity index (χ1) is 26.9. The van der Waals surface area contributed by atoms with Crippen molar-refractivity contribution in [2.75, 3.05) is 75.7 Å². The van der Waals surface area contributed by atoms with Crippen LogP contribution in [-0.4, -0.2) is 77.9 Å². The molecule has 0 fully saturated rings. The summed E-state index contributed by atoms with van der Waals surface area (Å²) in [5.41, 5.74) is 2.52. The molecule has 2 heterocycles. The molecule has 14 heteroatoms. The molecule has 0 saturated heterocycles. The van der Waals surface area contributed by atoms with Crippen LogP contribution in [0.4, 0.5) is 11.4 Å². The van der Waals surface area contributed by atoms with E-state index < -0.39 is 11.9 Å². The summed E-state index contributed by atoms with van der Waals surface area (Å²) in [6.07, 6.45) is 6.64. The molecule has 0 spiro atoms. The summed E-state index contributed by atoms with van der Waals surface area (Å²) in [4.78, 5) is 45.0. The molecule has 4 rings (SSSR count). The number of nitriles is 1. The van der Waals surface area contributed by atoms with Crippen molar-refractivity contribution in [1.29, 1.82) is 5.26 Å². The van der Waals surface area contributed by atoms with E-state index in [2.05, 4.69) is 48.4 Å². The number of esters is 2. The number of carbonyl (C=O) groups excluding carboxylic acids is 2. The number of nitrogens with zero attached hydrogens (tertiary/aromatic N) is 4. The molecular weight excluding hydrogens is 741 g/mol. The van der Waals surface area contributed by atoms with Crippen molar-refractivity contribution in [3.63, 3.8) is 0 Å². The molecule has 0 radical (unpaired) electrons. The zero-order valence-corrected chi connectivity index (χ0v) is 33.3. The fourth-order valence-electron chi connectivity index (χ4n) is 5.59. The van der Waals surface area contributed by atoms with E-state index in [1.54, 1.807) is 11.8 Å². The number of fused-ring (bicyclic) bond motifs is 2. The van der Waals surface area contributed by atoms with Gasteiger partial charge in [0.1, 0.15) is 30.9 Å². The van der Waals surface area contributed by atoms with Crippen LogP contribution in [0.15, 0.2) is 92.3 Å². The van der Waals surface area contributed by atoms with E-state index in [0.29, 0.717) is 36.4 Å². The second-order valence-corrected chi connectivity index (χ2v) is 14.7. The third-order valence-corrected chi connectivity index (χ3v) is 11.2. The monoisotopic (exact) mass is 790 g/mol. The Morgan fingerprint density at radius 3 is 2.11 bits per heavy atom. The Labute approximate surface area is 333 Å². The quantitative estimate of drug-likeness (QED) is 0.0182. The lowest BCUT2D eigenvalue weighted by Gasteiger charge is -2.23. The van der Waals surface area contributed by atoms with Crippen LogP contribution in [0.25, 0.3) is 4.85 Å². The van der Waals surface area contributed by atoms with Gasteiger partial charge in [-0.25, -0.2) is 24.2 Å². The van der Waals surface area contributed by atoms with E-state index in [0.717, 1.165) is 77.3 Å². The number of carbonyl (C=O) groups is 2. The minimum atomic E-state index is -0.698. The van der Waals surface area contributed by atoms with Gasteiger partial charge in [-0.2, -0.15) is 5.26 Å². The number of hydrogen-bond acceptors (Lipinski definition) is 13. The lowest BCUT2D eigenvalue weighted by atomic mass is 10.1. The molecule has 2 aliphatic heterocycles. The molecule has 294 valence electrons. The Bertz CT molecular complexity index is 1740. The third kappa shape index (κ3) is 13.5. The molecule has 1 unspecified atom stereocenters. The van der Waals surface area contributed by atoms with Gasteiger partial charge < -0.3 is 28.7 Å². The zero-order valence-electron chi connectivity index (χ0n) is 31.7. The summed E-state index contributed by atoms with van der Waals surface area (Å²) in [6.45, 7) is 18.6. The van der Waals surface area contributed by atoms with Crippen molar-refractivity contribution in [3.8, 4) is 6.07 Å². The number of hydrogen-bond donors (Lipinski definition) is 0. The highest BCUT2D eigenvalue weighted by Gasteiger charge is 2.31. The highest BCUT2D eigenvalue weighted by atomic mass is 32.2. The van der Waals surface area contributed by atoms with Crippen LogP contribution in [0.5, 0.6) is 0 Å². The maximum Gasteiger partial charge on any atom is 0.351 e. The van der Waals surface area contributed by atoms with Crippen molar-refractivity contribution in [2.45, 2.75) is 62.2 Å². The largest absolute Gasteiger partial charge is 0.463 e. The normalized spacial score (nSPS) is 15.4. The molecule has 0 aromatic heterocycles. The first-order valence-corrected chi connectivity index (χ1v) is 20.2. The van der Waals surface area contributed by atoms with Crippen LogP contribution in [0.2, 0.25) is 0 Å². The first-order valence-electron chi connectivity index (χ1n) is 18.6. The van der Waals surface area contributed by atoms with Crippen molar-refractivity contribution in [1.82, 2.24) is 0 Å². The van der Waals surface area contributed by atoms with E-state index in [-0.39, 0.29) is 45.2 Å². The molecule has 0 amide bonds. The Kier molecular flexibility index (Phi) is 19.2. The summed E-state index contributed by atoms with van der Waals surface area (Å²) in [6, 6.07) is 18.0. The molecule has 2 aromatic carbocycles. The average Bonchev–Trinajstić information content (AvgIpc) is 3.76. The predicted octanol–water partition coefficient (Wildman–Crippen LogP) is 8.28. The van der Waals surface area contributed by atoms with Gasteiger partial charge in [0, 0.05) is 29.0 Å². The summed E-state index contributed by atoms with van der Waals surface area (Å²) < 4.78 is 21.5. The van der Waals surface area contributed by atoms with Crippen molar-refractivity contribution in [2.24, 2.45) is 5.92 Å². The number of para-hydroxylation sites is 2. The molecule has 0 saturated carbocycles. The molecule has 12 nitrogen and oxygen atoms in total. The fraction of sp³-hybridized carbons (Fsp3) is 0.463. The van der Waals surface area contributed by atoms with Gasteiger partial charge in [0.05, 0.1) is 56.0 Å². The van der Waals surface area contributed by atoms with E-state index in [4.69, 9.17) is 35.3 Å². The molecular formula is C41H50N4O8S2. The number of thioether (sulfide) groups is 2. The second-order valence-electron chi connectivity index (χ2n) is 12.6. The standard InChI is InChI=1S/C41H50N4O8S2/c1-5-31(3)19-21-45-35-16-10-12-18-37(35)55-40(45)33(43-4)30-53-52-28-26-49-24-23-48-25-27-51-41(47)32(29-42)39-44(34-15-9-11-17-36(34)54-39)20-13-7-8-14-22-50-38(46)6-2/h6,9-12,15-18,31H,2,5,7-8,13-14,19-28,30H2,1,3H3. The van der Waals surface area contributed by atoms with E-state index in [1.165, 1.54) is 11.8 Å². The van der Waals surface area contributed by atoms with Crippen LogP contribution in [-0.2, 0) is 38.3 Å². The predicted molar refractivity (Wildman–Crippen MR) is 214 cm³/mol. The van der Waals surface area contributed by atoms with Gasteiger partial charge in [-0.3, -0.25) is 0 Å². The highest BCUT2D eigenvalue weighted by molar-refractivity contribution is 8.04. The van der Waals surface area contributed by atoms with Crippen LogP contribution >= 0.6 is 23.5 Å². The number of rotatable bonds is 25. The van der Waals surface area contributed by atoms with Gasteiger partial charge in [0.25, 0.3) is 0 Å². The minimum absolute atomic E-state index is 0.0143. The fourth-order valence-corrected chi connectivity index (χ4v) is 7.91. The maximum absolute atomic E-state index is 13.0. The lowest BCUT2D eigenvalue weighted by molar-refractivity contribution is -0.292. The smallest absolute Gasteiger partial charge is 0.351 e. The second kappa shape index (κ2) is 24.3. The Balaban J connectivity index is 1.11. The van der Waals surface area contributed by atoms with E-state index in [1.807, 2.05) is 41.3 Å². The Morgan fingerprint density at radius 2 is 1.45 bits per heavy atom. The molecule has 55 heavy (non-hydrogen) atoms. The summed E-state index contributed by atoms with van der Waals surface area (Å²) in [5.74, 6) is -0.530. The maximum atomic E-state index is 13.0. The van der Waals surface area contributed by atoms with Crippen LogP contribution in [0.1, 0.15) is 52.4 Å². The van der Waals surface area contributed by atoms with E-state index >= 15 is 0 Å². The van der Waals surface area contributed by atoms with Gasteiger partial charge in [-0.05, 0) is 55.9 Å². The summed E-state index contributed by atoms with van der Waals surface area (Å²) in [7, 11) is 0. The van der Waals surface area contributed by atoms with Gasteiger partial charge in [-0.1, -0.05) is 81.1 Å². The van der Waals surface area contributed by atoms with Crippen molar-refractivity contribution >= 4 is 46.8 Å². The third-order valence-electron chi connectivity index (χ3n) is 8.78. The topological polar surface area (TPSA) is 124 Å². The van der Waals surface area contributed by atoms with E-state index in [9.17, 15) is 14.9 Å². The van der Waals surface area contributed by atoms with Crippen LogP contribution < -0.4 is 9.80 Å². The Morgan fingerprint density at radius 1 is 0.836 bits per heavy atom. The minimum Gasteiger partial charge on any atom is -0.463 e. The number of anilines is 2. The molecule has 0 bridgehead atoms. The number of unbranched alkanes of at least 4 members (excludes halogenated alkanes) is 3. The molecule has 2 aromatic rings. The SMILES string of the molecule is [C-]#[N+]C(COOCCOCCOCCOC(=O)C(C#N)=C1Sc2ccccc2N1CCCCCCOC(=O)C=C)=C1Sc2ccccc2N1CCC(C)CC. The van der Waals surface area contributed by atoms with Gasteiger partial charge in [0.2, 0.25) is 5.70 Å². The average molecular weight is 791 g/mol. The lowest BCUT2D eigenvalue weighted by Crippen LogP contribution is -2.23. The van der Waals surface area contributed by atoms with Gasteiger partial charge in [-0.15, -0.1) is 0 Å². The zero-order chi connectivity index (χ0) is 39.3. The highest BCUT2D eigenvalue weighted by Crippen LogP contribution is 2.48. The van der Waals surface area contributed by atoms with Crippen LogP contribution in [0, 0.1) is 23.8 Å². The van der Waals surface area contributed by atoms with Crippen molar-refractivity contribution < 1.29 is 38.3 Å².